The molecule has 0 radical (unpaired) electrons. The van der Waals surface area contributed by atoms with E-state index in [-0.39, 0.29) is 0 Å². The van der Waals surface area contributed by atoms with Crippen molar-refractivity contribution in [3.8, 4) is 44.5 Å². The van der Waals surface area contributed by atoms with E-state index in [0.29, 0.717) is 0 Å². The SMILES string of the molecule is C[N+](C)(C)c1ccc(-c2c3nc(c(-c4ccc([N+](C)(C)C)cc4)c4ccc([nH]4)c(-c4ccc([N+](C)(C)C)cc4)c4nc(c(-c5ccc([N+](C)(C)C)cc5)c5ccc2[nH]5)C=C4)C=C3)cc1.[Cl][Fe-2]([Cl])([Cl])([Cl])[Cl].[Cl][Fe-2]([Cl])([Cl])([Cl])[Cl]. The summed E-state index contributed by atoms with van der Waals surface area (Å²) in [4.78, 5) is 18.9. The van der Waals surface area contributed by atoms with E-state index >= 15 is 0 Å². The van der Waals surface area contributed by atoms with Crippen LogP contribution in [0.1, 0.15) is 22.8 Å². The molecule has 3 aromatic heterocycles. The number of halogens is 10. The third kappa shape index (κ3) is 16.7. The fraction of sp³-hybridized carbons (Fsp3) is 0.214. The first-order chi connectivity index (χ1) is 34.7. The fourth-order valence-corrected chi connectivity index (χ4v) is 8.72. The van der Waals surface area contributed by atoms with Gasteiger partial charge in [-0.3, -0.25) is 17.9 Å². The van der Waals surface area contributed by atoms with Crippen molar-refractivity contribution >= 4 is 170 Å². The molecule has 0 unspecified atom stereocenters. The number of aromatic amines is 2. The summed E-state index contributed by atoms with van der Waals surface area (Å²) in [6, 6.07) is 44.5. The summed E-state index contributed by atoms with van der Waals surface area (Å²) in [7, 11) is 68.7. The van der Waals surface area contributed by atoms with Crippen LogP contribution in [0.25, 0.3) is 90.9 Å². The summed E-state index contributed by atoms with van der Waals surface area (Å²) in [6.07, 6.45) is 8.69. The molecule has 9 rings (SSSR count). The zero-order chi connectivity index (χ0) is 56.2. The van der Waals surface area contributed by atoms with Gasteiger partial charge in [-0.25, -0.2) is 9.97 Å². The molecule has 0 aliphatic carbocycles. The van der Waals surface area contributed by atoms with Crippen molar-refractivity contribution in [2.75, 3.05) is 84.6 Å². The van der Waals surface area contributed by atoms with Crippen molar-refractivity contribution in [2.24, 2.45) is 0 Å². The van der Waals surface area contributed by atoms with E-state index in [1.807, 2.05) is 0 Å². The quantitative estimate of drug-likeness (QED) is 0.118. The van der Waals surface area contributed by atoms with Crippen LogP contribution in [-0.2, 0) is 14.5 Å². The Bertz CT molecular complexity index is 3050. The summed E-state index contributed by atoms with van der Waals surface area (Å²) in [5.74, 6) is 0. The Hall–Kier alpha value is -2.74. The molecule has 0 saturated carbocycles. The monoisotopic (exact) mass is 1310 g/mol. The van der Waals surface area contributed by atoms with Crippen LogP contribution in [0.3, 0.4) is 0 Å². The van der Waals surface area contributed by atoms with E-state index in [0.717, 1.165) is 107 Å². The van der Waals surface area contributed by atoms with Crippen LogP contribution < -0.4 is 17.9 Å². The van der Waals surface area contributed by atoms with E-state index in [1.54, 1.807) is 0 Å². The molecule has 2 aliphatic heterocycles. The first-order valence-corrected chi connectivity index (χ1v) is 38.6. The van der Waals surface area contributed by atoms with E-state index < -0.39 is 14.5 Å². The molecular formula is C56H62Cl10Fe2N8. The minimum absolute atomic E-state index is 0.727. The maximum absolute atomic E-state index is 5.54. The number of benzene rings is 4. The number of rotatable bonds is 8. The molecule has 412 valence electrons. The van der Waals surface area contributed by atoms with Crippen LogP contribution in [0.5, 0.6) is 0 Å². The molecule has 2 aliphatic rings. The van der Waals surface area contributed by atoms with Gasteiger partial charge in [0.05, 0.1) is 107 Å². The third-order valence-corrected chi connectivity index (χ3v) is 12.5. The van der Waals surface area contributed by atoms with Crippen molar-refractivity contribution in [2.45, 2.75) is 0 Å². The van der Waals surface area contributed by atoms with Crippen molar-refractivity contribution in [1.82, 2.24) is 37.9 Å². The predicted molar refractivity (Wildman–Crippen MR) is 337 cm³/mol. The second-order valence-corrected chi connectivity index (χ2v) is 58.2. The number of hydrogen-bond acceptors (Lipinski definition) is 2. The van der Waals surface area contributed by atoms with E-state index in [1.165, 1.54) is 22.7 Å². The molecule has 0 atom stereocenters. The molecule has 8 nitrogen and oxygen atoms in total. The molecule has 7 aromatic rings. The average molecular weight is 1310 g/mol. The van der Waals surface area contributed by atoms with Crippen LogP contribution in [-0.4, -0.2) is 105 Å². The van der Waals surface area contributed by atoms with Gasteiger partial charge in [-0.2, -0.15) is 0 Å². The normalized spacial score (nSPS) is 14.1. The van der Waals surface area contributed by atoms with Crippen LogP contribution >= 0.6 is 101 Å². The predicted octanol–water partition coefficient (Wildman–Crippen LogP) is 19.0. The van der Waals surface area contributed by atoms with Crippen molar-refractivity contribution in [3.63, 3.8) is 0 Å². The van der Waals surface area contributed by atoms with Crippen molar-refractivity contribution < 1.29 is 14.5 Å². The van der Waals surface area contributed by atoms with E-state index in [2.05, 4.69) is 240 Å². The number of fused-ring (bicyclic) bond motifs is 8. The third-order valence-electron chi connectivity index (χ3n) is 12.5. The topological polar surface area (TPSA) is 57.4 Å². The minimum atomic E-state index is -3.79. The van der Waals surface area contributed by atoms with E-state index in [4.69, 9.17) is 111 Å². The zero-order valence-electron chi connectivity index (χ0n) is 44.0. The Morgan fingerprint density at radius 3 is 0.579 bits per heavy atom. The number of aromatic nitrogens is 4. The molecule has 2 N–H and O–H groups in total. The second-order valence-electron chi connectivity index (χ2n) is 21.8. The van der Waals surface area contributed by atoms with Gasteiger partial charge in [-0.15, -0.1) is 0 Å². The summed E-state index contributed by atoms with van der Waals surface area (Å²) < 4.78 is 2.91. The molecule has 5 heterocycles. The van der Waals surface area contributed by atoms with Gasteiger partial charge in [0, 0.05) is 44.3 Å². The Morgan fingerprint density at radius 2 is 0.434 bits per heavy atom. The van der Waals surface area contributed by atoms with Gasteiger partial charge >= 0.3 is 115 Å². The first kappa shape index (κ1) is 60.9. The average Bonchev–Trinajstić information content (AvgIpc) is 4.13. The van der Waals surface area contributed by atoms with Gasteiger partial charge in [0.2, 0.25) is 0 Å². The van der Waals surface area contributed by atoms with Gasteiger partial charge in [-0.1, -0.05) is 0 Å². The Balaban J connectivity index is 0.000000630. The van der Waals surface area contributed by atoms with Gasteiger partial charge in [-0.05, 0) is 168 Å². The number of hydrogen-bond donors (Lipinski definition) is 2. The van der Waals surface area contributed by atoms with Crippen LogP contribution in [0.2, 0.25) is 0 Å². The molecule has 0 spiro atoms. The molecule has 0 saturated heterocycles. The second kappa shape index (κ2) is 22.0. The first-order valence-electron chi connectivity index (χ1n) is 23.4. The summed E-state index contributed by atoms with van der Waals surface area (Å²) in [5, 5.41) is 0. The number of nitrogens with one attached hydrogen (secondary N) is 2. The number of quaternary nitrogens is 4. The molecule has 0 fully saturated rings. The molecule has 0 amide bonds. The van der Waals surface area contributed by atoms with Crippen molar-refractivity contribution in [3.05, 3.63) is 144 Å². The number of nitrogens with zero attached hydrogens (tertiary/aromatic N) is 6. The van der Waals surface area contributed by atoms with E-state index in [9.17, 15) is 0 Å². The number of H-pyrrole nitrogens is 2. The summed E-state index contributed by atoms with van der Waals surface area (Å²) >= 11 is 0. The Labute approximate surface area is 490 Å². The summed E-state index contributed by atoms with van der Waals surface area (Å²) in [6.45, 7) is 0. The Morgan fingerprint density at radius 1 is 0.276 bits per heavy atom. The van der Waals surface area contributed by atoms with Gasteiger partial charge in [0.15, 0.2) is 0 Å². The molecular weight excluding hydrogens is 1250 g/mol. The van der Waals surface area contributed by atoms with Crippen LogP contribution in [0.4, 0.5) is 22.7 Å². The maximum atomic E-state index is 5.54. The van der Waals surface area contributed by atoms with Gasteiger partial charge in [0.25, 0.3) is 0 Å². The molecule has 76 heavy (non-hydrogen) atoms. The van der Waals surface area contributed by atoms with Crippen molar-refractivity contribution in [1.29, 1.82) is 0 Å². The van der Waals surface area contributed by atoms with Gasteiger partial charge in [0.1, 0.15) is 22.7 Å². The Kier molecular flexibility index (Phi) is 17.6. The molecule has 4 aromatic carbocycles. The zero-order valence-corrected chi connectivity index (χ0v) is 53.8. The summed E-state index contributed by atoms with van der Waals surface area (Å²) in [5.41, 5.74) is 20.9. The van der Waals surface area contributed by atoms with Gasteiger partial charge < -0.3 is 9.97 Å². The van der Waals surface area contributed by atoms with Crippen LogP contribution in [0, 0.1) is 0 Å². The molecule has 8 bridgehead atoms. The molecule has 20 heteroatoms. The standard InChI is InChI=1S/C56H62N8.10ClH.2Fe/c1-61(2,3)41-21-13-37(14-22-41)53-45-29-31-47(57-45)54(38-15-23-42(24-16-38)62(4,5)6)49-33-35-51(59-49)56(40-19-27-44(28-20-40)64(10,11)12)52-36-34-50(60-52)55(48-32-30-46(53)58-48)39-17-25-43(26-18-39)63(7,8)9;;;;;;;;;;;;/h13-36,57,60H,1-12H3;10*1H;;/q+4;;;;;;;;;;;2*+3/p-10. The fourth-order valence-electron chi connectivity index (χ4n) is 8.72. The van der Waals surface area contributed by atoms with Crippen LogP contribution in [0.15, 0.2) is 121 Å².